The van der Waals surface area contributed by atoms with Crippen LogP contribution in [-0.2, 0) is 5.88 Å². The Bertz CT molecular complexity index is 328. The van der Waals surface area contributed by atoms with Gasteiger partial charge in [0.1, 0.15) is 5.75 Å². The molecule has 0 saturated heterocycles. The molecule has 0 aliphatic carbocycles. The number of hydrogen-bond donors (Lipinski definition) is 0. The van der Waals surface area contributed by atoms with Crippen molar-refractivity contribution in [2.45, 2.75) is 32.6 Å². The smallest absolute Gasteiger partial charge is 0.137 e. The predicted molar refractivity (Wildman–Crippen MR) is 73.3 cm³/mol. The number of halogens is 2. The molecule has 0 amide bonds. The Morgan fingerprint density at radius 3 is 2.81 bits per heavy atom. The highest BCUT2D eigenvalue weighted by atomic mass is 79.9. The molecule has 0 aliphatic heterocycles. The summed E-state index contributed by atoms with van der Waals surface area (Å²) in [6.07, 6.45) is 2.39. The van der Waals surface area contributed by atoms with E-state index < -0.39 is 0 Å². The fourth-order valence-corrected chi connectivity index (χ4v) is 2.35. The van der Waals surface area contributed by atoms with E-state index in [0.717, 1.165) is 22.4 Å². The van der Waals surface area contributed by atoms with E-state index in [9.17, 15) is 0 Å². The van der Waals surface area contributed by atoms with E-state index in [1.807, 2.05) is 18.2 Å². The summed E-state index contributed by atoms with van der Waals surface area (Å²) in [7, 11) is 0. The van der Waals surface area contributed by atoms with Crippen molar-refractivity contribution in [3.05, 3.63) is 28.2 Å². The highest BCUT2D eigenvalue weighted by Gasteiger charge is 2.09. The molecule has 1 aromatic rings. The van der Waals surface area contributed by atoms with Crippen molar-refractivity contribution in [2.24, 2.45) is 5.92 Å². The van der Waals surface area contributed by atoms with Gasteiger partial charge in [-0.25, -0.2) is 0 Å². The van der Waals surface area contributed by atoms with Crippen LogP contribution in [0.25, 0.3) is 0 Å². The van der Waals surface area contributed by atoms with Gasteiger partial charge in [-0.05, 0) is 34.3 Å². The summed E-state index contributed by atoms with van der Waals surface area (Å²) in [5.41, 5.74) is 1.04. The highest BCUT2D eigenvalue weighted by Crippen LogP contribution is 2.30. The number of benzene rings is 1. The second-order valence-corrected chi connectivity index (χ2v) is 5.19. The number of para-hydroxylation sites is 1. The molecule has 0 bridgehead atoms. The van der Waals surface area contributed by atoms with Gasteiger partial charge < -0.3 is 4.74 Å². The van der Waals surface area contributed by atoms with Crippen LogP contribution in [0.4, 0.5) is 0 Å². The zero-order valence-corrected chi connectivity index (χ0v) is 12.1. The number of hydrogen-bond acceptors (Lipinski definition) is 1. The van der Waals surface area contributed by atoms with E-state index in [0.29, 0.717) is 11.8 Å². The average Bonchev–Trinajstić information content (AvgIpc) is 2.27. The zero-order valence-electron chi connectivity index (χ0n) is 9.80. The van der Waals surface area contributed by atoms with E-state index in [4.69, 9.17) is 16.3 Å². The second kappa shape index (κ2) is 7.18. The molecule has 0 aromatic heterocycles. The number of rotatable bonds is 6. The van der Waals surface area contributed by atoms with Gasteiger partial charge in [0, 0.05) is 5.56 Å². The molecule has 1 rings (SSSR count). The molecule has 1 nitrogen and oxygen atoms in total. The van der Waals surface area contributed by atoms with Crippen molar-refractivity contribution in [3.8, 4) is 5.75 Å². The molecule has 1 aromatic carbocycles. The second-order valence-electron chi connectivity index (χ2n) is 4.07. The molecule has 0 aliphatic rings. The van der Waals surface area contributed by atoms with Gasteiger partial charge in [-0.3, -0.25) is 0 Å². The summed E-state index contributed by atoms with van der Waals surface area (Å²) < 4.78 is 6.82. The molecule has 3 heteroatoms. The Hall–Kier alpha value is -0.210. The lowest BCUT2D eigenvalue weighted by molar-refractivity contribution is 0.248. The van der Waals surface area contributed by atoms with E-state index in [2.05, 4.69) is 29.8 Å². The van der Waals surface area contributed by atoms with E-state index in [1.165, 1.54) is 12.8 Å². The first kappa shape index (κ1) is 13.9. The third-order valence-electron chi connectivity index (χ3n) is 2.49. The lowest BCUT2D eigenvalue weighted by Gasteiger charge is -2.15. The summed E-state index contributed by atoms with van der Waals surface area (Å²) in [5.74, 6) is 1.96. The van der Waals surface area contributed by atoms with Crippen LogP contribution in [0.1, 0.15) is 32.3 Å². The third-order valence-corrected chi connectivity index (χ3v) is 3.40. The Morgan fingerprint density at radius 2 is 2.19 bits per heavy atom. The Balaban J connectivity index is 2.65. The summed E-state index contributed by atoms with van der Waals surface area (Å²) in [6, 6.07) is 5.96. The van der Waals surface area contributed by atoms with Crippen molar-refractivity contribution in [1.82, 2.24) is 0 Å². The topological polar surface area (TPSA) is 9.23 Å². The van der Waals surface area contributed by atoms with Crippen LogP contribution >= 0.6 is 27.5 Å². The maximum Gasteiger partial charge on any atom is 0.137 e. The van der Waals surface area contributed by atoms with Crippen molar-refractivity contribution in [1.29, 1.82) is 0 Å². The van der Waals surface area contributed by atoms with Crippen molar-refractivity contribution >= 4 is 27.5 Å². The largest absolute Gasteiger partial charge is 0.492 e. The molecule has 0 spiro atoms. The van der Waals surface area contributed by atoms with Crippen molar-refractivity contribution in [3.63, 3.8) is 0 Å². The molecule has 90 valence electrons. The maximum atomic E-state index is 5.88. The molecule has 0 saturated carbocycles. The molecule has 1 atom stereocenters. The van der Waals surface area contributed by atoms with Gasteiger partial charge in [-0.1, -0.05) is 32.4 Å². The molecule has 0 fully saturated rings. The molecular weight excluding hydrogens is 287 g/mol. The fraction of sp³-hybridized carbons (Fsp3) is 0.538. The monoisotopic (exact) mass is 304 g/mol. The van der Waals surface area contributed by atoms with E-state index in [-0.39, 0.29) is 0 Å². The highest BCUT2D eigenvalue weighted by molar-refractivity contribution is 9.10. The molecule has 0 heterocycles. The van der Waals surface area contributed by atoms with Gasteiger partial charge in [0.15, 0.2) is 0 Å². The van der Waals surface area contributed by atoms with Crippen LogP contribution < -0.4 is 4.74 Å². The van der Waals surface area contributed by atoms with Crippen molar-refractivity contribution in [2.75, 3.05) is 6.61 Å². The summed E-state index contributed by atoms with van der Waals surface area (Å²) in [6.45, 7) is 5.15. The van der Waals surface area contributed by atoms with Gasteiger partial charge >= 0.3 is 0 Å². The van der Waals surface area contributed by atoms with Crippen molar-refractivity contribution < 1.29 is 4.74 Å². The minimum Gasteiger partial charge on any atom is -0.492 e. The minimum absolute atomic E-state index is 0.483. The van der Waals surface area contributed by atoms with Gasteiger partial charge in [0.05, 0.1) is 17.0 Å². The first-order valence-corrected chi connectivity index (χ1v) is 6.98. The Morgan fingerprint density at radius 1 is 1.44 bits per heavy atom. The Labute approximate surface area is 111 Å². The summed E-state index contributed by atoms with van der Waals surface area (Å²) in [5, 5.41) is 0. The first-order chi connectivity index (χ1) is 7.69. The average molecular weight is 306 g/mol. The number of ether oxygens (including phenoxy) is 1. The van der Waals surface area contributed by atoms with Gasteiger partial charge in [-0.15, -0.1) is 11.6 Å². The van der Waals surface area contributed by atoms with Crippen LogP contribution in [-0.4, -0.2) is 6.61 Å². The van der Waals surface area contributed by atoms with Gasteiger partial charge in [-0.2, -0.15) is 0 Å². The van der Waals surface area contributed by atoms with Crippen LogP contribution in [0, 0.1) is 5.92 Å². The molecular formula is C13H18BrClO. The Kier molecular flexibility index (Phi) is 6.22. The quantitative estimate of drug-likeness (QED) is 0.672. The lowest BCUT2D eigenvalue weighted by atomic mass is 10.1. The van der Waals surface area contributed by atoms with E-state index in [1.54, 1.807) is 0 Å². The molecule has 16 heavy (non-hydrogen) atoms. The lowest BCUT2D eigenvalue weighted by Crippen LogP contribution is -2.09. The minimum atomic E-state index is 0.483. The van der Waals surface area contributed by atoms with E-state index >= 15 is 0 Å². The van der Waals surface area contributed by atoms with Crippen LogP contribution in [0.5, 0.6) is 5.75 Å². The number of alkyl halides is 1. The molecule has 0 N–H and O–H groups in total. The molecule has 1 unspecified atom stereocenters. The first-order valence-electron chi connectivity index (χ1n) is 5.65. The summed E-state index contributed by atoms with van der Waals surface area (Å²) in [4.78, 5) is 0. The van der Waals surface area contributed by atoms with Crippen LogP contribution in [0.3, 0.4) is 0 Å². The summed E-state index contributed by atoms with van der Waals surface area (Å²) >= 11 is 9.37. The standard InChI is InChI=1S/C13H18BrClO/c1-3-5-10(2)9-16-13-11(8-15)6-4-7-12(13)14/h4,6-7,10H,3,5,8-9H2,1-2H3. The van der Waals surface area contributed by atoms with Gasteiger partial charge in [0.25, 0.3) is 0 Å². The maximum absolute atomic E-state index is 5.88. The SMILES string of the molecule is CCCC(C)COc1c(Br)cccc1CCl. The normalized spacial score (nSPS) is 12.5. The van der Waals surface area contributed by atoms with Crippen LogP contribution in [0.2, 0.25) is 0 Å². The van der Waals surface area contributed by atoms with Crippen LogP contribution in [0.15, 0.2) is 22.7 Å². The predicted octanol–water partition coefficient (Wildman–Crippen LogP) is 5.00. The fourth-order valence-electron chi connectivity index (χ4n) is 1.62. The van der Waals surface area contributed by atoms with Gasteiger partial charge in [0.2, 0.25) is 0 Å². The third kappa shape index (κ3) is 3.99. The molecule has 0 radical (unpaired) electrons. The zero-order chi connectivity index (χ0) is 12.0.